The molecule has 1 unspecified atom stereocenters. The molecule has 0 N–H and O–H groups in total. The number of hydrogen-bond donors (Lipinski definition) is 0. The fourth-order valence-corrected chi connectivity index (χ4v) is 3.97. The number of aryl methyl sites for hydroxylation is 2. The van der Waals surface area contributed by atoms with Crippen molar-refractivity contribution >= 4 is 16.9 Å². The van der Waals surface area contributed by atoms with Crippen LogP contribution < -0.4 is 4.74 Å². The maximum Gasteiger partial charge on any atom is 0.274 e. The number of likely N-dealkylation sites (tertiary alicyclic amines) is 1. The van der Waals surface area contributed by atoms with Gasteiger partial charge in [-0.15, -0.1) is 0 Å². The first-order chi connectivity index (χ1) is 13.4. The molecule has 1 aliphatic rings. The monoisotopic (exact) mass is 381 g/mol. The molecule has 1 aliphatic heterocycles. The zero-order valence-corrected chi connectivity index (χ0v) is 16.9. The fourth-order valence-electron chi connectivity index (χ4n) is 3.97. The summed E-state index contributed by atoms with van der Waals surface area (Å²) in [5, 5.41) is 4.37. The summed E-state index contributed by atoms with van der Waals surface area (Å²) in [6.45, 7) is 5.32. The van der Waals surface area contributed by atoms with E-state index in [0.29, 0.717) is 18.1 Å². The molecule has 2 aromatic heterocycles. The highest BCUT2D eigenvalue weighted by Gasteiger charge is 2.30. The molecule has 0 saturated carbocycles. The van der Waals surface area contributed by atoms with E-state index in [0.717, 1.165) is 36.2 Å². The summed E-state index contributed by atoms with van der Waals surface area (Å²) in [6.07, 6.45) is 2.03. The first kappa shape index (κ1) is 18.5. The van der Waals surface area contributed by atoms with E-state index in [-0.39, 0.29) is 17.9 Å². The highest BCUT2D eigenvalue weighted by atomic mass is 16.5. The Labute approximate surface area is 164 Å². The highest BCUT2D eigenvalue weighted by Crippen LogP contribution is 2.29. The SMILES string of the molecule is CC(C)Oc1cc(C(=O)N2CCCC(c3nc4ccccc4n3C)C2)nn1C. The molecule has 7 heteroatoms. The van der Waals surface area contributed by atoms with Crippen LogP contribution in [-0.4, -0.2) is 49.3 Å². The predicted octanol–water partition coefficient (Wildman–Crippen LogP) is 3.11. The van der Waals surface area contributed by atoms with Crippen molar-refractivity contribution in [2.75, 3.05) is 13.1 Å². The maximum absolute atomic E-state index is 13.1. The molecule has 1 fully saturated rings. The van der Waals surface area contributed by atoms with Gasteiger partial charge < -0.3 is 14.2 Å². The second-order valence-corrected chi connectivity index (χ2v) is 7.77. The number of piperidine rings is 1. The number of rotatable bonds is 4. The molecule has 0 bridgehead atoms. The van der Waals surface area contributed by atoms with Gasteiger partial charge in [-0.3, -0.25) is 4.79 Å². The number of carbonyl (C=O) groups excluding carboxylic acids is 1. The lowest BCUT2D eigenvalue weighted by Crippen LogP contribution is -2.40. The van der Waals surface area contributed by atoms with Gasteiger partial charge >= 0.3 is 0 Å². The molecule has 1 aromatic carbocycles. The third kappa shape index (κ3) is 3.37. The van der Waals surface area contributed by atoms with E-state index in [2.05, 4.69) is 22.8 Å². The summed E-state index contributed by atoms with van der Waals surface area (Å²) in [5.74, 6) is 1.84. The van der Waals surface area contributed by atoms with Crippen molar-refractivity contribution in [1.82, 2.24) is 24.2 Å². The van der Waals surface area contributed by atoms with Crippen LogP contribution in [0.15, 0.2) is 30.3 Å². The Hall–Kier alpha value is -2.83. The van der Waals surface area contributed by atoms with E-state index < -0.39 is 0 Å². The Morgan fingerprint density at radius 1 is 1.25 bits per heavy atom. The van der Waals surface area contributed by atoms with Crippen molar-refractivity contribution in [1.29, 1.82) is 0 Å². The lowest BCUT2D eigenvalue weighted by atomic mass is 9.97. The van der Waals surface area contributed by atoms with Crippen molar-refractivity contribution < 1.29 is 9.53 Å². The normalized spacial score (nSPS) is 17.5. The van der Waals surface area contributed by atoms with Crippen molar-refractivity contribution in [2.24, 2.45) is 14.1 Å². The molecule has 4 rings (SSSR count). The molecule has 7 nitrogen and oxygen atoms in total. The molecule has 28 heavy (non-hydrogen) atoms. The van der Waals surface area contributed by atoms with Gasteiger partial charge in [0.05, 0.1) is 17.1 Å². The third-order valence-electron chi connectivity index (χ3n) is 5.31. The molecule has 0 radical (unpaired) electrons. The second-order valence-electron chi connectivity index (χ2n) is 7.77. The van der Waals surface area contributed by atoms with Gasteiger partial charge in [0.1, 0.15) is 5.82 Å². The molecule has 3 aromatic rings. The minimum atomic E-state index is -0.0438. The lowest BCUT2D eigenvalue weighted by Gasteiger charge is -2.32. The largest absolute Gasteiger partial charge is 0.475 e. The van der Waals surface area contributed by atoms with E-state index >= 15 is 0 Å². The molecule has 148 valence electrons. The van der Waals surface area contributed by atoms with Crippen LogP contribution in [-0.2, 0) is 14.1 Å². The molecule has 3 heterocycles. The summed E-state index contributed by atoms with van der Waals surface area (Å²) in [6, 6.07) is 9.90. The lowest BCUT2D eigenvalue weighted by molar-refractivity contribution is 0.0697. The minimum absolute atomic E-state index is 0.0373. The first-order valence-electron chi connectivity index (χ1n) is 9.85. The number of amides is 1. The van der Waals surface area contributed by atoms with Crippen LogP contribution in [0.25, 0.3) is 11.0 Å². The van der Waals surface area contributed by atoms with E-state index in [4.69, 9.17) is 9.72 Å². The fraction of sp³-hybridized carbons (Fsp3) is 0.476. The summed E-state index contributed by atoms with van der Waals surface area (Å²) in [5.41, 5.74) is 2.56. The maximum atomic E-state index is 13.1. The van der Waals surface area contributed by atoms with Crippen molar-refractivity contribution in [3.8, 4) is 5.88 Å². The third-order valence-corrected chi connectivity index (χ3v) is 5.31. The van der Waals surface area contributed by atoms with Crippen molar-refractivity contribution in [3.05, 3.63) is 41.9 Å². The van der Waals surface area contributed by atoms with E-state index in [9.17, 15) is 4.79 Å². The second kappa shape index (κ2) is 7.30. The smallest absolute Gasteiger partial charge is 0.274 e. The highest BCUT2D eigenvalue weighted by molar-refractivity contribution is 5.92. The standard InChI is InChI=1S/C21H27N5O2/c1-14(2)28-19-12-17(23-25(19)4)21(27)26-11-7-8-15(13-26)20-22-16-9-5-6-10-18(16)24(20)3/h5-6,9-10,12,14-15H,7-8,11,13H2,1-4H3. The van der Waals surface area contributed by atoms with Crippen LogP contribution in [0.1, 0.15) is 48.9 Å². The number of para-hydroxylation sites is 2. The van der Waals surface area contributed by atoms with Crippen LogP contribution in [0.5, 0.6) is 5.88 Å². The molecule has 1 atom stereocenters. The van der Waals surface area contributed by atoms with Crippen LogP contribution >= 0.6 is 0 Å². The number of fused-ring (bicyclic) bond motifs is 1. The number of aromatic nitrogens is 4. The number of carbonyl (C=O) groups is 1. The average molecular weight is 381 g/mol. The summed E-state index contributed by atoms with van der Waals surface area (Å²) >= 11 is 0. The van der Waals surface area contributed by atoms with E-state index in [1.165, 1.54) is 0 Å². The van der Waals surface area contributed by atoms with Crippen LogP contribution in [0.3, 0.4) is 0 Å². The molecular weight excluding hydrogens is 354 g/mol. The Bertz CT molecular complexity index is 1000. The van der Waals surface area contributed by atoms with Gasteiger partial charge in [-0.05, 0) is 38.8 Å². The summed E-state index contributed by atoms with van der Waals surface area (Å²) in [4.78, 5) is 19.8. The Morgan fingerprint density at radius 3 is 2.79 bits per heavy atom. The van der Waals surface area contributed by atoms with Crippen LogP contribution in [0.4, 0.5) is 0 Å². The molecule has 1 saturated heterocycles. The van der Waals surface area contributed by atoms with Crippen molar-refractivity contribution in [3.63, 3.8) is 0 Å². The predicted molar refractivity (Wildman–Crippen MR) is 108 cm³/mol. The van der Waals surface area contributed by atoms with Gasteiger partial charge in [-0.1, -0.05) is 12.1 Å². The topological polar surface area (TPSA) is 65.2 Å². The van der Waals surface area contributed by atoms with Gasteiger partial charge in [0, 0.05) is 39.2 Å². The zero-order chi connectivity index (χ0) is 19.8. The number of imidazole rings is 1. The molecule has 0 spiro atoms. The minimum Gasteiger partial charge on any atom is -0.475 e. The summed E-state index contributed by atoms with van der Waals surface area (Å²) < 4.78 is 9.50. The average Bonchev–Trinajstić information content (AvgIpc) is 3.21. The Morgan fingerprint density at radius 2 is 2.04 bits per heavy atom. The van der Waals surface area contributed by atoms with E-state index in [1.54, 1.807) is 17.8 Å². The molecule has 1 amide bonds. The van der Waals surface area contributed by atoms with Crippen molar-refractivity contribution in [2.45, 2.75) is 38.7 Å². The molecule has 0 aliphatic carbocycles. The zero-order valence-electron chi connectivity index (χ0n) is 16.9. The Kier molecular flexibility index (Phi) is 4.83. The number of nitrogens with zero attached hydrogens (tertiary/aromatic N) is 5. The quantitative estimate of drug-likeness (QED) is 0.697. The number of ether oxygens (including phenoxy) is 1. The first-order valence-corrected chi connectivity index (χ1v) is 9.85. The van der Waals surface area contributed by atoms with Crippen LogP contribution in [0.2, 0.25) is 0 Å². The van der Waals surface area contributed by atoms with E-state index in [1.807, 2.05) is 36.9 Å². The summed E-state index contributed by atoms with van der Waals surface area (Å²) in [7, 11) is 3.85. The van der Waals surface area contributed by atoms with Gasteiger partial charge in [0.2, 0.25) is 5.88 Å². The number of hydrogen-bond acceptors (Lipinski definition) is 4. The number of benzene rings is 1. The van der Waals surface area contributed by atoms with Gasteiger partial charge in [0.25, 0.3) is 5.91 Å². The van der Waals surface area contributed by atoms with Gasteiger partial charge in [-0.25, -0.2) is 9.67 Å². The van der Waals surface area contributed by atoms with Gasteiger partial charge in [-0.2, -0.15) is 5.10 Å². The van der Waals surface area contributed by atoms with Crippen LogP contribution in [0, 0.1) is 0 Å². The van der Waals surface area contributed by atoms with Gasteiger partial charge in [0.15, 0.2) is 5.69 Å². The molecular formula is C21H27N5O2. The Balaban J connectivity index is 1.55.